The molecule has 1 aliphatic heterocycles. The second-order valence-electron chi connectivity index (χ2n) is 3.86. The van der Waals surface area contributed by atoms with Gasteiger partial charge in [-0.3, -0.25) is 0 Å². The number of carbonyl (C=O) groups is 2. The number of hydrogen-bond acceptors (Lipinski definition) is 3. The van der Waals surface area contributed by atoms with E-state index in [2.05, 4.69) is 23.9 Å². The highest BCUT2D eigenvalue weighted by Gasteiger charge is 2.33. The third-order valence-corrected chi connectivity index (χ3v) is 2.13. The molecule has 0 radical (unpaired) electrons. The number of rotatable bonds is 2. The zero-order valence-corrected chi connectivity index (χ0v) is 8.74. The normalized spacial score (nSPS) is 21.3. The SMILES string of the molecule is COC(=O)N1C[C@@H](CC(C)C)NC1=O. The van der Waals surface area contributed by atoms with Crippen molar-refractivity contribution in [2.45, 2.75) is 26.3 Å². The first-order valence-electron chi connectivity index (χ1n) is 4.70. The molecule has 0 aliphatic carbocycles. The number of imide groups is 1. The van der Waals surface area contributed by atoms with Gasteiger partial charge in [-0.1, -0.05) is 13.8 Å². The number of hydrogen-bond donors (Lipinski definition) is 1. The largest absolute Gasteiger partial charge is 0.452 e. The molecule has 80 valence electrons. The fourth-order valence-corrected chi connectivity index (χ4v) is 1.57. The Morgan fingerprint density at radius 2 is 2.36 bits per heavy atom. The second-order valence-corrected chi connectivity index (χ2v) is 3.86. The van der Waals surface area contributed by atoms with Crippen molar-refractivity contribution in [2.75, 3.05) is 13.7 Å². The minimum Gasteiger partial charge on any atom is -0.452 e. The van der Waals surface area contributed by atoms with Gasteiger partial charge in [-0.15, -0.1) is 0 Å². The molecule has 1 heterocycles. The number of ether oxygens (including phenoxy) is 1. The Bertz CT molecular complexity index is 240. The zero-order valence-electron chi connectivity index (χ0n) is 8.74. The maximum Gasteiger partial charge on any atom is 0.417 e. The predicted octanol–water partition coefficient (Wildman–Crippen LogP) is 1.19. The molecule has 1 atom stereocenters. The van der Waals surface area contributed by atoms with Gasteiger partial charge in [0.05, 0.1) is 13.7 Å². The third-order valence-electron chi connectivity index (χ3n) is 2.13. The molecule has 5 heteroatoms. The monoisotopic (exact) mass is 200 g/mol. The van der Waals surface area contributed by atoms with Crippen molar-refractivity contribution < 1.29 is 14.3 Å². The summed E-state index contributed by atoms with van der Waals surface area (Å²) in [5.74, 6) is 0.498. The lowest BCUT2D eigenvalue weighted by molar-refractivity contribution is 0.137. The van der Waals surface area contributed by atoms with Crippen LogP contribution in [0.5, 0.6) is 0 Å². The standard InChI is InChI=1S/C9H16N2O3/c1-6(2)4-7-5-11(8(12)10-7)9(13)14-3/h6-7H,4-5H2,1-3H3,(H,10,12)/t7-/m1/s1. The topological polar surface area (TPSA) is 58.6 Å². The molecule has 0 unspecified atom stereocenters. The van der Waals surface area contributed by atoms with Crippen molar-refractivity contribution in [1.29, 1.82) is 0 Å². The maximum atomic E-state index is 11.3. The van der Waals surface area contributed by atoms with Crippen LogP contribution in [0, 0.1) is 5.92 Å². The molecular formula is C9H16N2O3. The van der Waals surface area contributed by atoms with Gasteiger partial charge in [0.25, 0.3) is 0 Å². The van der Waals surface area contributed by atoms with E-state index >= 15 is 0 Å². The van der Waals surface area contributed by atoms with Crippen molar-refractivity contribution in [3.05, 3.63) is 0 Å². The van der Waals surface area contributed by atoms with E-state index in [0.29, 0.717) is 12.5 Å². The molecule has 1 fully saturated rings. The van der Waals surface area contributed by atoms with Crippen LogP contribution in [0.3, 0.4) is 0 Å². The fourth-order valence-electron chi connectivity index (χ4n) is 1.57. The van der Waals surface area contributed by atoms with E-state index in [4.69, 9.17) is 0 Å². The molecule has 0 aromatic rings. The number of nitrogens with zero attached hydrogens (tertiary/aromatic N) is 1. The maximum absolute atomic E-state index is 11.3. The molecule has 0 aromatic heterocycles. The summed E-state index contributed by atoms with van der Waals surface area (Å²) >= 11 is 0. The zero-order chi connectivity index (χ0) is 10.7. The second kappa shape index (κ2) is 4.30. The van der Waals surface area contributed by atoms with Crippen LogP contribution in [0.15, 0.2) is 0 Å². The van der Waals surface area contributed by atoms with Crippen LogP contribution in [0.1, 0.15) is 20.3 Å². The van der Waals surface area contributed by atoms with E-state index in [1.807, 2.05) is 0 Å². The highest BCUT2D eigenvalue weighted by molar-refractivity contribution is 5.92. The van der Waals surface area contributed by atoms with Gasteiger partial charge in [-0.05, 0) is 12.3 Å². The lowest BCUT2D eigenvalue weighted by Gasteiger charge is -2.12. The molecule has 0 spiro atoms. The van der Waals surface area contributed by atoms with Crippen LogP contribution in [-0.2, 0) is 4.74 Å². The van der Waals surface area contributed by atoms with Gasteiger partial charge < -0.3 is 10.1 Å². The van der Waals surface area contributed by atoms with E-state index in [0.717, 1.165) is 11.3 Å². The number of urea groups is 1. The third kappa shape index (κ3) is 2.37. The smallest absolute Gasteiger partial charge is 0.417 e. The first-order valence-corrected chi connectivity index (χ1v) is 4.70. The van der Waals surface area contributed by atoms with Crippen LogP contribution < -0.4 is 5.32 Å². The average molecular weight is 200 g/mol. The van der Waals surface area contributed by atoms with Gasteiger partial charge in [0.15, 0.2) is 0 Å². The first kappa shape index (κ1) is 10.8. The molecule has 1 rings (SSSR count). The molecule has 0 bridgehead atoms. The minimum absolute atomic E-state index is 0.0570. The van der Waals surface area contributed by atoms with Crippen molar-refractivity contribution >= 4 is 12.1 Å². The predicted molar refractivity (Wildman–Crippen MR) is 50.9 cm³/mol. The Balaban J connectivity index is 2.51. The summed E-state index contributed by atoms with van der Waals surface area (Å²) in [6.07, 6.45) is 0.285. The highest BCUT2D eigenvalue weighted by Crippen LogP contribution is 2.12. The number of carbonyl (C=O) groups excluding carboxylic acids is 2. The van der Waals surface area contributed by atoms with Crippen LogP contribution in [0.25, 0.3) is 0 Å². The van der Waals surface area contributed by atoms with Gasteiger partial charge in [0.2, 0.25) is 0 Å². The summed E-state index contributed by atoms with van der Waals surface area (Å²) in [6, 6.07) is -0.302. The number of methoxy groups -OCH3 is 1. The molecule has 1 saturated heterocycles. The summed E-state index contributed by atoms with van der Waals surface area (Å²) < 4.78 is 4.48. The number of nitrogens with one attached hydrogen (secondary N) is 1. The van der Waals surface area contributed by atoms with E-state index in [1.165, 1.54) is 7.11 Å². The Morgan fingerprint density at radius 1 is 1.71 bits per heavy atom. The molecule has 1 aliphatic rings. The lowest BCUT2D eigenvalue weighted by atomic mass is 10.0. The summed E-state index contributed by atoms with van der Waals surface area (Å²) in [5.41, 5.74) is 0. The molecule has 5 nitrogen and oxygen atoms in total. The quantitative estimate of drug-likeness (QED) is 0.728. The molecule has 0 aromatic carbocycles. The van der Waals surface area contributed by atoms with Crippen LogP contribution in [0.2, 0.25) is 0 Å². The lowest BCUT2D eigenvalue weighted by Crippen LogP contribution is -2.33. The molecule has 14 heavy (non-hydrogen) atoms. The minimum atomic E-state index is -0.589. The summed E-state index contributed by atoms with van der Waals surface area (Å²) in [6.45, 7) is 4.56. The Hall–Kier alpha value is -1.26. The molecule has 3 amide bonds. The van der Waals surface area contributed by atoms with E-state index in [-0.39, 0.29) is 12.1 Å². The molecular weight excluding hydrogens is 184 g/mol. The van der Waals surface area contributed by atoms with Gasteiger partial charge >= 0.3 is 12.1 Å². The molecule has 0 saturated carbocycles. The van der Waals surface area contributed by atoms with E-state index in [9.17, 15) is 9.59 Å². The first-order chi connectivity index (χ1) is 6.54. The van der Waals surface area contributed by atoms with Gasteiger partial charge in [0, 0.05) is 6.04 Å². The highest BCUT2D eigenvalue weighted by atomic mass is 16.5. The fraction of sp³-hybridized carbons (Fsp3) is 0.778. The van der Waals surface area contributed by atoms with Crippen molar-refractivity contribution in [2.24, 2.45) is 5.92 Å². The van der Waals surface area contributed by atoms with Gasteiger partial charge in [-0.25, -0.2) is 14.5 Å². The van der Waals surface area contributed by atoms with E-state index in [1.54, 1.807) is 0 Å². The summed E-state index contributed by atoms with van der Waals surface area (Å²) in [4.78, 5) is 23.5. The average Bonchev–Trinajstić information content (AvgIpc) is 2.44. The van der Waals surface area contributed by atoms with Gasteiger partial charge in [-0.2, -0.15) is 0 Å². The Morgan fingerprint density at radius 3 is 2.86 bits per heavy atom. The van der Waals surface area contributed by atoms with Crippen molar-refractivity contribution in [3.63, 3.8) is 0 Å². The summed E-state index contributed by atoms with van der Waals surface area (Å²) in [7, 11) is 1.27. The van der Waals surface area contributed by atoms with Crippen LogP contribution in [-0.4, -0.2) is 36.7 Å². The molecule has 1 N–H and O–H groups in total. The van der Waals surface area contributed by atoms with Crippen LogP contribution >= 0.6 is 0 Å². The number of amides is 3. The Kier molecular flexibility index (Phi) is 3.33. The van der Waals surface area contributed by atoms with Crippen molar-refractivity contribution in [1.82, 2.24) is 10.2 Å². The van der Waals surface area contributed by atoms with Crippen molar-refractivity contribution in [3.8, 4) is 0 Å². The summed E-state index contributed by atoms with van der Waals surface area (Å²) in [5, 5.41) is 2.74. The van der Waals surface area contributed by atoms with Crippen LogP contribution in [0.4, 0.5) is 9.59 Å². The van der Waals surface area contributed by atoms with E-state index < -0.39 is 6.09 Å². The van der Waals surface area contributed by atoms with Gasteiger partial charge in [0.1, 0.15) is 0 Å². The Labute approximate surface area is 83.4 Å².